The zero-order chi connectivity index (χ0) is 14.0. The van der Waals surface area contributed by atoms with Crippen molar-refractivity contribution in [3.05, 3.63) is 29.3 Å². The van der Waals surface area contributed by atoms with E-state index in [2.05, 4.69) is 18.2 Å². The quantitative estimate of drug-likeness (QED) is 0.895. The van der Waals surface area contributed by atoms with E-state index >= 15 is 0 Å². The third-order valence-corrected chi connectivity index (χ3v) is 5.57. The fraction of sp³-hybridized carbons (Fsp3) is 0.667. The lowest BCUT2D eigenvalue weighted by Crippen LogP contribution is -2.41. The smallest absolute Gasteiger partial charge is 0.122 e. The van der Waals surface area contributed by atoms with Gasteiger partial charge in [0.15, 0.2) is 0 Å². The van der Waals surface area contributed by atoms with Crippen molar-refractivity contribution in [3.63, 3.8) is 0 Å². The predicted molar refractivity (Wildman–Crippen MR) is 83.4 cm³/mol. The highest BCUT2D eigenvalue weighted by molar-refractivity contribution is 5.45. The monoisotopic (exact) mass is 273 g/mol. The summed E-state index contributed by atoms with van der Waals surface area (Å²) in [5.41, 5.74) is 9.17. The molecule has 1 aromatic rings. The summed E-state index contributed by atoms with van der Waals surface area (Å²) in [7, 11) is 1.78. The summed E-state index contributed by atoms with van der Waals surface area (Å²) >= 11 is 0. The van der Waals surface area contributed by atoms with Crippen molar-refractivity contribution in [2.75, 3.05) is 13.7 Å². The van der Waals surface area contributed by atoms with Gasteiger partial charge in [0.1, 0.15) is 5.75 Å². The van der Waals surface area contributed by atoms with Gasteiger partial charge in [0.25, 0.3) is 0 Å². The van der Waals surface area contributed by atoms with Crippen LogP contribution < -0.4 is 10.5 Å². The Morgan fingerprint density at radius 2 is 1.90 bits per heavy atom. The van der Waals surface area contributed by atoms with Crippen molar-refractivity contribution in [1.82, 2.24) is 0 Å². The van der Waals surface area contributed by atoms with Crippen LogP contribution in [0.5, 0.6) is 5.75 Å². The lowest BCUT2D eigenvalue weighted by molar-refractivity contribution is 0.243. The van der Waals surface area contributed by atoms with Gasteiger partial charge in [-0.05, 0) is 43.2 Å². The lowest BCUT2D eigenvalue weighted by Gasteiger charge is -2.42. The van der Waals surface area contributed by atoms with E-state index in [0.717, 1.165) is 18.2 Å². The van der Waals surface area contributed by atoms with Crippen molar-refractivity contribution in [3.8, 4) is 5.75 Å². The van der Waals surface area contributed by atoms with Crippen LogP contribution in [0.4, 0.5) is 0 Å². The maximum absolute atomic E-state index is 6.10. The molecule has 0 atom stereocenters. The molecule has 0 bridgehead atoms. The molecule has 2 saturated carbocycles. The van der Waals surface area contributed by atoms with Crippen LogP contribution in [0.3, 0.4) is 0 Å². The molecule has 2 aliphatic carbocycles. The molecule has 0 spiro atoms. The molecule has 3 rings (SSSR count). The molecule has 0 aliphatic heterocycles. The zero-order valence-electron chi connectivity index (χ0n) is 12.7. The summed E-state index contributed by atoms with van der Waals surface area (Å²) in [5, 5.41) is 0. The Balaban J connectivity index is 1.94. The number of methoxy groups -OCH3 is 1. The Morgan fingerprint density at radius 3 is 2.45 bits per heavy atom. The lowest BCUT2D eigenvalue weighted by atomic mass is 9.63. The molecule has 2 nitrogen and oxygen atoms in total. The highest BCUT2D eigenvalue weighted by Gasteiger charge is 2.39. The van der Waals surface area contributed by atoms with Crippen LogP contribution in [0, 0.1) is 0 Å². The van der Waals surface area contributed by atoms with E-state index in [1.807, 2.05) is 0 Å². The molecule has 0 aromatic heterocycles. The van der Waals surface area contributed by atoms with Crippen molar-refractivity contribution in [2.45, 2.75) is 62.7 Å². The summed E-state index contributed by atoms with van der Waals surface area (Å²) in [6.07, 6.45) is 10.6. The summed E-state index contributed by atoms with van der Waals surface area (Å²) < 4.78 is 5.62. The van der Waals surface area contributed by atoms with Gasteiger partial charge in [-0.3, -0.25) is 0 Å². The highest BCUT2D eigenvalue weighted by Crippen LogP contribution is 2.47. The molecule has 2 heteroatoms. The minimum Gasteiger partial charge on any atom is -0.496 e. The molecule has 20 heavy (non-hydrogen) atoms. The molecule has 0 amide bonds. The van der Waals surface area contributed by atoms with Crippen LogP contribution in [-0.4, -0.2) is 13.7 Å². The molecule has 0 saturated heterocycles. The van der Waals surface area contributed by atoms with Gasteiger partial charge in [0, 0.05) is 17.5 Å². The highest BCUT2D eigenvalue weighted by atomic mass is 16.5. The topological polar surface area (TPSA) is 35.2 Å². The van der Waals surface area contributed by atoms with E-state index in [0.29, 0.717) is 0 Å². The molecule has 0 radical (unpaired) electrons. The van der Waals surface area contributed by atoms with Gasteiger partial charge in [-0.2, -0.15) is 0 Å². The van der Waals surface area contributed by atoms with Gasteiger partial charge < -0.3 is 10.5 Å². The normalized spacial score (nSPS) is 22.3. The average Bonchev–Trinajstić information content (AvgIpc) is 2.47. The molecule has 2 aliphatic rings. The number of ether oxygens (including phenoxy) is 1. The van der Waals surface area contributed by atoms with E-state index < -0.39 is 0 Å². The number of benzene rings is 1. The molecule has 2 fully saturated rings. The summed E-state index contributed by atoms with van der Waals surface area (Å²) in [4.78, 5) is 0. The first-order chi connectivity index (χ1) is 9.79. The van der Waals surface area contributed by atoms with Gasteiger partial charge in [-0.1, -0.05) is 37.8 Å². The maximum atomic E-state index is 6.10. The third kappa shape index (κ3) is 2.35. The van der Waals surface area contributed by atoms with Crippen molar-refractivity contribution in [1.29, 1.82) is 0 Å². The largest absolute Gasteiger partial charge is 0.496 e. The fourth-order valence-corrected chi connectivity index (χ4v) is 4.02. The first-order valence-corrected chi connectivity index (χ1v) is 8.17. The van der Waals surface area contributed by atoms with E-state index in [1.165, 1.54) is 62.5 Å². The molecule has 1 aromatic carbocycles. The van der Waals surface area contributed by atoms with Gasteiger partial charge in [-0.15, -0.1) is 0 Å². The number of rotatable bonds is 4. The van der Waals surface area contributed by atoms with Crippen LogP contribution in [0.2, 0.25) is 0 Å². The Kier molecular flexibility index (Phi) is 4.02. The molecule has 0 unspecified atom stereocenters. The Morgan fingerprint density at radius 1 is 1.15 bits per heavy atom. The van der Waals surface area contributed by atoms with Gasteiger partial charge >= 0.3 is 0 Å². The van der Waals surface area contributed by atoms with Crippen molar-refractivity contribution in [2.24, 2.45) is 5.73 Å². The zero-order valence-corrected chi connectivity index (χ0v) is 12.7. The molecular weight excluding hydrogens is 246 g/mol. The van der Waals surface area contributed by atoms with Crippen LogP contribution in [0.1, 0.15) is 68.4 Å². The number of nitrogens with two attached hydrogens (primary N) is 1. The third-order valence-electron chi connectivity index (χ3n) is 5.57. The first-order valence-electron chi connectivity index (χ1n) is 8.17. The molecular formula is C18H27NO. The molecule has 2 N–H and O–H groups in total. The summed E-state index contributed by atoms with van der Waals surface area (Å²) in [6.45, 7) is 0.747. The standard InChI is InChI=1S/C18H27NO/c1-20-17-9-8-15(14-6-3-2-4-7-14)12-16(17)18(13-19)10-5-11-18/h8-9,12,14H,2-7,10-11,13,19H2,1H3. The van der Waals surface area contributed by atoms with Crippen LogP contribution in [0.25, 0.3) is 0 Å². The van der Waals surface area contributed by atoms with Crippen molar-refractivity contribution >= 4 is 0 Å². The predicted octanol–water partition coefficient (Wildman–Crippen LogP) is 4.12. The maximum Gasteiger partial charge on any atom is 0.122 e. The SMILES string of the molecule is COc1ccc(C2CCCCC2)cc1C1(CN)CCC1. The second-order valence-corrected chi connectivity index (χ2v) is 6.63. The van der Waals surface area contributed by atoms with E-state index in [4.69, 9.17) is 10.5 Å². The first kappa shape index (κ1) is 13.9. The van der Waals surface area contributed by atoms with E-state index in [9.17, 15) is 0 Å². The fourth-order valence-electron chi connectivity index (χ4n) is 4.02. The van der Waals surface area contributed by atoms with Crippen LogP contribution in [-0.2, 0) is 5.41 Å². The molecule has 0 heterocycles. The van der Waals surface area contributed by atoms with Crippen molar-refractivity contribution < 1.29 is 4.74 Å². The minimum absolute atomic E-state index is 0.190. The van der Waals surface area contributed by atoms with Crippen LogP contribution >= 0.6 is 0 Å². The van der Waals surface area contributed by atoms with Gasteiger partial charge in [0.05, 0.1) is 7.11 Å². The summed E-state index contributed by atoms with van der Waals surface area (Å²) in [6, 6.07) is 6.87. The Hall–Kier alpha value is -1.02. The number of hydrogen-bond acceptors (Lipinski definition) is 2. The van der Waals surface area contributed by atoms with E-state index in [1.54, 1.807) is 7.11 Å². The second kappa shape index (κ2) is 5.77. The summed E-state index contributed by atoms with van der Waals surface area (Å²) in [5.74, 6) is 1.79. The number of hydrogen-bond donors (Lipinski definition) is 1. The minimum atomic E-state index is 0.190. The van der Waals surface area contributed by atoms with Crippen LogP contribution in [0.15, 0.2) is 18.2 Å². The molecule has 110 valence electrons. The Bertz CT molecular complexity index is 453. The van der Waals surface area contributed by atoms with E-state index in [-0.39, 0.29) is 5.41 Å². The van der Waals surface area contributed by atoms with Gasteiger partial charge in [-0.25, -0.2) is 0 Å². The Labute approximate surface area is 122 Å². The average molecular weight is 273 g/mol. The second-order valence-electron chi connectivity index (χ2n) is 6.63. The van der Waals surface area contributed by atoms with Gasteiger partial charge in [0.2, 0.25) is 0 Å².